The fourth-order valence-corrected chi connectivity index (χ4v) is 4.90. The Morgan fingerprint density at radius 2 is 1.19 bits per heavy atom. The minimum Gasteiger partial charge on any atom is -0.508 e. The van der Waals surface area contributed by atoms with Crippen molar-refractivity contribution in [3.63, 3.8) is 0 Å². The number of hydrogen-bond acceptors (Lipinski definition) is 5. The molecule has 0 fully saturated rings. The van der Waals surface area contributed by atoms with Gasteiger partial charge in [0, 0.05) is 6.07 Å². The Labute approximate surface area is 190 Å². The first-order chi connectivity index (χ1) is 15.0. The molecule has 31 heavy (non-hydrogen) atoms. The molecular formula is C25H45O5P. The van der Waals surface area contributed by atoms with Crippen LogP contribution in [0.25, 0.3) is 0 Å². The lowest BCUT2D eigenvalue weighted by molar-refractivity contribution is 0.167. The lowest BCUT2D eigenvalue weighted by Gasteiger charge is -2.17. The van der Waals surface area contributed by atoms with Crippen molar-refractivity contribution < 1.29 is 23.2 Å². The fourth-order valence-electron chi connectivity index (χ4n) is 3.72. The number of aromatic hydroxyl groups is 1. The second kappa shape index (κ2) is 17.5. The zero-order valence-electron chi connectivity index (χ0n) is 20.1. The minimum absolute atomic E-state index is 0.0988. The minimum atomic E-state index is -3.65. The van der Waals surface area contributed by atoms with E-state index in [0.29, 0.717) is 5.75 Å². The van der Waals surface area contributed by atoms with Crippen LogP contribution in [0.3, 0.4) is 0 Å². The third kappa shape index (κ3) is 13.9. The summed E-state index contributed by atoms with van der Waals surface area (Å²) in [6.07, 6.45) is 18.1. The maximum absolute atomic E-state index is 12.5. The summed E-state index contributed by atoms with van der Waals surface area (Å²) in [5, 5.41) is 10.0. The number of rotatable bonds is 20. The van der Waals surface area contributed by atoms with Crippen LogP contribution < -0.4 is 4.52 Å². The second-order valence-electron chi connectivity index (χ2n) is 8.20. The number of phenolic OH excluding ortho intramolecular Hbond substituents is 1. The molecule has 0 aliphatic carbocycles. The second-order valence-corrected chi connectivity index (χ2v) is 9.80. The highest BCUT2D eigenvalue weighted by atomic mass is 31.2. The number of benzene rings is 1. The molecule has 1 aromatic carbocycles. The molecule has 1 rings (SSSR count). The maximum atomic E-state index is 12.5. The Morgan fingerprint density at radius 1 is 0.710 bits per heavy atom. The van der Waals surface area contributed by atoms with Crippen molar-refractivity contribution in [1.82, 2.24) is 0 Å². The number of phosphoric acid groups is 1. The van der Waals surface area contributed by atoms with Crippen LogP contribution in [-0.2, 0) is 20.0 Å². The topological polar surface area (TPSA) is 65.0 Å². The zero-order valence-corrected chi connectivity index (χ0v) is 21.0. The van der Waals surface area contributed by atoms with Gasteiger partial charge in [-0.25, -0.2) is 4.57 Å². The molecule has 0 aliphatic rings. The molecule has 180 valence electrons. The molecule has 0 aromatic heterocycles. The number of aryl methyl sites for hydroxylation is 1. The Kier molecular flexibility index (Phi) is 15.8. The Morgan fingerprint density at radius 3 is 1.68 bits per heavy atom. The molecular weight excluding hydrogens is 411 g/mol. The molecule has 0 atom stereocenters. The van der Waals surface area contributed by atoms with Crippen LogP contribution >= 0.6 is 7.82 Å². The van der Waals surface area contributed by atoms with E-state index >= 15 is 0 Å². The standard InChI is InChI=1S/C25H45O5P/c1-4-7-8-9-10-11-12-13-14-15-16-17-18-19-23-20-24(26)22-25(21-23)30-31(27,28-5-2)29-6-3/h20-22,26H,4-19H2,1-3H3. The predicted octanol–water partition coefficient (Wildman–Crippen LogP) is 8.59. The van der Waals surface area contributed by atoms with Gasteiger partial charge in [-0.15, -0.1) is 0 Å². The molecule has 0 aliphatic heterocycles. The Bertz CT molecular complexity index is 610. The van der Waals surface area contributed by atoms with Crippen LogP contribution in [0.5, 0.6) is 11.5 Å². The highest BCUT2D eigenvalue weighted by Crippen LogP contribution is 2.49. The molecule has 1 aromatic rings. The first kappa shape index (κ1) is 28.0. The van der Waals surface area contributed by atoms with Crippen molar-refractivity contribution in [3.8, 4) is 11.5 Å². The zero-order chi connectivity index (χ0) is 22.8. The van der Waals surface area contributed by atoms with Crippen LogP contribution in [0.15, 0.2) is 18.2 Å². The average Bonchev–Trinajstić information content (AvgIpc) is 2.71. The van der Waals surface area contributed by atoms with Gasteiger partial charge < -0.3 is 9.63 Å². The summed E-state index contributed by atoms with van der Waals surface area (Å²) >= 11 is 0. The van der Waals surface area contributed by atoms with Gasteiger partial charge in [-0.2, -0.15) is 0 Å². The third-order valence-electron chi connectivity index (χ3n) is 5.31. The van der Waals surface area contributed by atoms with Crippen LogP contribution in [-0.4, -0.2) is 18.3 Å². The lowest BCUT2D eigenvalue weighted by Crippen LogP contribution is -2.02. The largest absolute Gasteiger partial charge is 0.530 e. The summed E-state index contributed by atoms with van der Waals surface area (Å²) in [5.74, 6) is 0.414. The number of hydrogen-bond donors (Lipinski definition) is 1. The molecule has 0 spiro atoms. The molecule has 0 heterocycles. The van der Waals surface area contributed by atoms with Gasteiger partial charge >= 0.3 is 7.82 Å². The van der Waals surface area contributed by atoms with Crippen LogP contribution in [0.4, 0.5) is 0 Å². The smallest absolute Gasteiger partial charge is 0.508 e. The van der Waals surface area contributed by atoms with Crippen molar-refractivity contribution >= 4 is 7.82 Å². The van der Waals surface area contributed by atoms with Crippen molar-refractivity contribution in [2.24, 2.45) is 0 Å². The van der Waals surface area contributed by atoms with E-state index in [1.54, 1.807) is 19.9 Å². The maximum Gasteiger partial charge on any atom is 0.530 e. The number of phosphoric ester groups is 1. The molecule has 0 saturated carbocycles. The van der Waals surface area contributed by atoms with Crippen LogP contribution in [0, 0.1) is 0 Å². The van der Waals surface area contributed by atoms with Crippen molar-refractivity contribution in [2.75, 3.05) is 13.2 Å². The van der Waals surface area contributed by atoms with Gasteiger partial charge in [-0.1, -0.05) is 84.0 Å². The highest BCUT2D eigenvalue weighted by molar-refractivity contribution is 7.48. The molecule has 0 unspecified atom stereocenters. The SMILES string of the molecule is CCCCCCCCCCCCCCCc1cc(O)cc(OP(=O)(OCC)OCC)c1. The van der Waals surface area contributed by atoms with Gasteiger partial charge in [0.25, 0.3) is 0 Å². The summed E-state index contributed by atoms with van der Waals surface area (Å²) in [7, 11) is -3.65. The Hall–Kier alpha value is -1.03. The highest BCUT2D eigenvalue weighted by Gasteiger charge is 2.27. The van der Waals surface area contributed by atoms with E-state index in [-0.39, 0.29) is 19.0 Å². The van der Waals surface area contributed by atoms with E-state index < -0.39 is 7.82 Å². The third-order valence-corrected chi connectivity index (χ3v) is 6.89. The van der Waals surface area contributed by atoms with Gasteiger partial charge in [-0.05, 0) is 44.4 Å². The molecule has 0 amide bonds. The van der Waals surface area contributed by atoms with E-state index in [2.05, 4.69) is 6.92 Å². The van der Waals surface area contributed by atoms with E-state index in [0.717, 1.165) is 18.4 Å². The molecule has 1 N–H and O–H groups in total. The van der Waals surface area contributed by atoms with Gasteiger partial charge in [0.1, 0.15) is 11.5 Å². The Balaban J connectivity index is 2.23. The van der Waals surface area contributed by atoms with Crippen molar-refractivity contribution in [3.05, 3.63) is 23.8 Å². The predicted molar refractivity (Wildman–Crippen MR) is 129 cm³/mol. The van der Waals surface area contributed by atoms with Gasteiger partial charge in [-0.3, -0.25) is 9.05 Å². The van der Waals surface area contributed by atoms with E-state index in [1.807, 2.05) is 6.07 Å². The van der Waals surface area contributed by atoms with Gasteiger partial charge in [0.2, 0.25) is 0 Å². The normalized spacial score (nSPS) is 11.7. The van der Waals surface area contributed by atoms with Crippen molar-refractivity contribution in [2.45, 2.75) is 111 Å². The average molecular weight is 457 g/mol. The van der Waals surface area contributed by atoms with Gasteiger partial charge in [0.15, 0.2) is 0 Å². The summed E-state index contributed by atoms with van der Waals surface area (Å²) in [4.78, 5) is 0. The summed E-state index contributed by atoms with van der Waals surface area (Å²) in [6, 6.07) is 4.99. The first-order valence-electron chi connectivity index (χ1n) is 12.4. The van der Waals surface area contributed by atoms with Crippen molar-refractivity contribution in [1.29, 1.82) is 0 Å². The summed E-state index contributed by atoms with van der Waals surface area (Å²) < 4.78 is 28.3. The number of phenols is 1. The van der Waals surface area contributed by atoms with E-state index in [1.165, 1.54) is 83.1 Å². The monoisotopic (exact) mass is 456 g/mol. The summed E-state index contributed by atoms with van der Waals surface area (Å²) in [5.41, 5.74) is 0.970. The van der Waals surface area contributed by atoms with Gasteiger partial charge in [0.05, 0.1) is 13.2 Å². The van der Waals surface area contributed by atoms with Crippen LogP contribution in [0.1, 0.15) is 110 Å². The van der Waals surface area contributed by atoms with E-state index in [4.69, 9.17) is 13.6 Å². The quantitative estimate of drug-likeness (QED) is 0.157. The first-order valence-corrected chi connectivity index (χ1v) is 13.9. The molecule has 0 saturated heterocycles. The fraction of sp³-hybridized carbons (Fsp3) is 0.760. The summed E-state index contributed by atoms with van der Waals surface area (Å²) in [6.45, 7) is 6.18. The van der Waals surface area contributed by atoms with E-state index in [9.17, 15) is 9.67 Å². The number of unbranched alkanes of at least 4 members (excludes halogenated alkanes) is 12. The molecule has 6 heteroatoms. The molecule has 5 nitrogen and oxygen atoms in total. The molecule has 0 radical (unpaired) electrons. The lowest BCUT2D eigenvalue weighted by atomic mass is 10.0. The molecule has 0 bridgehead atoms. The van der Waals surface area contributed by atoms with Crippen LogP contribution in [0.2, 0.25) is 0 Å².